The second-order valence-corrected chi connectivity index (χ2v) is 6.21. The molecule has 146 valence electrons. The Bertz CT molecular complexity index is 835. The van der Waals surface area contributed by atoms with Crippen LogP contribution in [-0.4, -0.2) is 46.0 Å². The van der Waals surface area contributed by atoms with E-state index in [1.54, 1.807) is 0 Å². The predicted octanol–water partition coefficient (Wildman–Crippen LogP) is 2.50. The van der Waals surface area contributed by atoms with Gasteiger partial charge in [0.1, 0.15) is 0 Å². The van der Waals surface area contributed by atoms with Gasteiger partial charge in [-0.05, 0) is 31.2 Å². The molecule has 0 spiro atoms. The Morgan fingerprint density at radius 3 is 2.56 bits per heavy atom. The van der Waals surface area contributed by atoms with Crippen LogP contribution in [0.3, 0.4) is 0 Å². The van der Waals surface area contributed by atoms with Crippen LogP contribution >= 0.6 is 0 Å². The van der Waals surface area contributed by atoms with Crippen molar-refractivity contribution in [3.63, 3.8) is 0 Å². The highest BCUT2D eigenvalue weighted by molar-refractivity contribution is 5.95. The van der Waals surface area contributed by atoms with E-state index in [1.807, 2.05) is 0 Å². The molecule has 2 rings (SSSR count). The van der Waals surface area contributed by atoms with Crippen LogP contribution in [0.2, 0.25) is 0 Å². The number of nitrogens with zero attached hydrogens (tertiary/aromatic N) is 2. The lowest BCUT2D eigenvalue weighted by molar-refractivity contribution is -0.141. The lowest BCUT2D eigenvalue weighted by Gasteiger charge is -2.28. The topological polar surface area (TPSA) is 93.5 Å². The summed E-state index contributed by atoms with van der Waals surface area (Å²) in [4.78, 5) is 23.5. The van der Waals surface area contributed by atoms with Crippen LogP contribution in [0.25, 0.3) is 5.69 Å². The van der Waals surface area contributed by atoms with Crippen molar-refractivity contribution in [3.8, 4) is 5.69 Å². The second kappa shape index (κ2) is 7.78. The molecular formula is C17H18F3N3O4. The Hall–Kier alpha value is -2.88. The van der Waals surface area contributed by atoms with E-state index in [1.165, 1.54) is 38.3 Å². The quantitative estimate of drug-likeness (QED) is 0.764. The summed E-state index contributed by atoms with van der Waals surface area (Å²) in [5.74, 6) is -1.69. The predicted molar refractivity (Wildman–Crippen MR) is 88.6 cm³/mol. The molecule has 0 radical (unpaired) electrons. The number of halogens is 3. The average molecular weight is 385 g/mol. The van der Waals surface area contributed by atoms with E-state index in [0.717, 1.165) is 16.9 Å². The summed E-state index contributed by atoms with van der Waals surface area (Å²) < 4.78 is 44.0. The Labute approximate surface area is 152 Å². The molecule has 7 nitrogen and oxygen atoms in total. The average Bonchev–Trinajstić information content (AvgIpc) is 3.04. The number of carboxylic acids is 1. The number of methoxy groups -OCH3 is 1. The van der Waals surface area contributed by atoms with Gasteiger partial charge < -0.3 is 15.2 Å². The van der Waals surface area contributed by atoms with Crippen LogP contribution in [0.4, 0.5) is 13.2 Å². The summed E-state index contributed by atoms with van der Waals surface area (Å²) in [6, 6.07) is 6.63. The van der Waals surface area contributed by atoms with Gasteiger partial charge in [-0.15, -0.1) is 0 Å². The van der Waals surface area contributed by atoms with E-state index in [-0.39, 0.29) is 24.3 Å². The number of nitrogens with one attached hydrogen (secondary N) is 1. The van der Waals surface area contributed by atoms with Gasteiger partial charge in [0, 0.05) is 18.9 Å². The fraction of sp³-hybridized carbons (Fsp3) is 0.353. The zero-order valence-corrected chi connectivity index (χ0v) is 14.6. The number of rotatable bonds is 7. The van der Waals surface area contributed by atoms with Gasteiger partial charge in [-0.1, -0.05) is 6.07 Å². The number of hydrogen-bond donors (Lipinski definition) is 2. The van der Waals surface area contributed by atoms with Crippen LogP contribution in [0.15, 0.2) is 36.5 Å². The van der Waals surface area contributed by atoms with Gasteiger partial charge in [-0.25, -0.2) is 4.68 Å². The van der Waals surface area contributed by atoms with Gasteiger partial charge in [0.25, 0.3) is 5.91 Å². The molecule has 2 N–H and O–H groups in total. The van der Waals surface area contributed by atoms with Crippen molar-refractivity contribution in [2.45, 2.75) is 25.1 Å². The summed E-state index contributed by atoms with van der Waals surface area (Å²) in [5, 5.41) is 15.1. The van der Waals surface area contributed by atoms with E-state index in [0.29, 0.717) is 0 Å². The fourth-order valence-electron chi connectivity index (χ4n) is 2.54. The number of carboxylic acid groups (broad SMARTS) is 1. The van der Waals surface area contributed by atoms with E-state index in [4.69, 9.17) is 9.84 Å². The Morgan fingerprint density at radius 2 is 2.00 bits per heavy atom. The largest absolute Gasteiger partial charge is 0.481 e. The second-order valence-electron chi connectivity index (χ2n) is 6.21. The van der Waals surface area contributed by atoms with Gasteiger partial charge in [0.15, 0.2) is 5.69 Å². The summed E-state index contributed by atoms with van der Waals surface area (Å²) >= 11 is 0. The molecule has 1 atom stereocenters. The van der Waals surface area contributed by atoms with Crippen molar-refractivity contribution in [1.29, 1.82) is 0 Å². The Balaban J connectivity index is 2.24. The summed E-state index contributed by atoms with van der Waals surface area (Å²) in [7, 11) is 1.38. The molecule has 0 aliphatic rings. The zero-order valence-electron chi connectivity index (χ0n) is 14.6. The molecule has 1 heterocycles. The van der Waals surface area contributed by atoms with Crippen molar-refractivity contribution in [2.75, 3.05) is 13.7 Å². The maximum atomic E-state index is 12.7. The summed E-state index contributed by atoms with van der Waals surface area (Å²) in [5.41, 5.74) is -1.80. The molecule has 0 aliphatic heterocycles. The first-order chi connectivity index (χ1) is 12.5. The van der Waals surface area contributed by atoms with Gasteiger partial charge in [-0.3, -0.25) is 9.59 Å². The highest BCUT2D eigenvalue weighted by atomic mass is 19.4. The molecule has 0 saturated carbocycles. The molecule has 1 aromatic heterocycles. The van der Waals surface area contributed by atoms with Gasteiger partial charge in [0.2, 0.25) is 0 Å². The minimum Gasteiger partial charge on any atom is -0.481 e. The number of aromatic nitrogens is 2. The maximum absolute atomic E-state index is 12.7. The molecule has 1 aromatic carbocycles. The minimum absolute atomic E-state index is 0.0289. The first-order valence-corrected chi connectivity index (χ1v) is 7.81. The SMILES string of the molecule is COCC(C)(CC(=O)O)NC(=O)c1cccc(-n2ccc(C(F)(F)F)n2)c1. The summed E-state index contributed by atoms with van der Waals surface area (Å²) in [6.45, 7) is 1.49. The van der Waals surface area contributed by atoms with Crippen molar-refractivity contribution < 1.29 is 32.6 Å². The smallest absolute Gasteiger partial charge is 0.435 e. The van der Waals surface area contributed by atoms with Crippen LogP contribution < -0.4 is 5.32 Å². The third-order valence-electron chi connectivity index (χ3n) is 3.67. The number of alkyl halides is 3. The fourth-order valence-corrected chi connectivity index (χ4v) is 2.54. The van der Waals surface area contributed by atoms with Gasteiger partial charge in [-0.2, -0.15) is 18.3 Å². The van der Waals surface area contributed by atoms with E-state index < -0.39 is 29.3 Å². The Morgan fingerprint density at radius 1 is 1.30 bits per heavy atom. The maximum Gasteiger partial charge on any atom is 0.435 e. The van der Waals surface area contributed by atoms with Crippen LogP contribution in [0.1, 0.15) is 29.4 Å². The molecule has 0 fully saturated rings. The number of amides is 1. The third kappa shape index (κ3) is 5.30. The van der Waals surface area contributed by atoms with E-state index in [2.05, 4.69) is 10.4 Å². The lowest BCUT2D eigenvalue weighted by atomic mass is 9.98. The van der Waals surface area contributed by atoms with Crippen molar-refractivity contribution in [2.24, 2.45) is 0 Å². The number of aliphatic carboxylic acids is 1. The van der Waals surface area contributed by atoms with Crippen molar-refractivity contribution in [3.05, 3.63) is 47.8 Å². The van der Waals surface area contributed by atoms with Gasteiger partial charge in [0.05, 0.1) is 24.3 Å². The molecule has 0 saturated heterocycles. The molecular weight excluding hydrogens is 367 g/mol. The number of carbonyl (C=O) groups excluding carboxylic acids is 1. The molecule has 0 bridgehead atoms. The number of carbonyl (C=O) groups is 2. The Kier molecular flexibility index (Phi) is 5.89. The van der Waals surface area contributed by atoms with E-state index >= 15 is 0 Å². The molecule has 27 heavy (non-hydrogen) atoms. The van der Waals surface area contributed by atoms with Crippen LogP contribution in [-0.2, 0) is 15.7 Å². The van der Waals surface area contributed by atoms with E-state index in [9.17, 15) is 22.8 Å². The monoisotopic (exact) mass is 385 g/mol. The standard InChI is InChI=1S/C17H18F3N3O4/c1-16(10-27-2,9-14(24)25)21-15(26)11-4-3-5-12(8-11)23-7-6-13(22-23)17(18,19)20/h3-8H,9-10H2,1-2H3,(H,21,26)(H,24,25). The molecule has 1 amide bonds. The first-order valence-electron chi connectivity index (χ1n) is 7.81. The van der Waals surface area contributed by atoms with Crippen molar-refractivity contribution >= 4 is 11.9 Å². The lowest BCUT2D eigenvalue weighted by Crippen LogP contribution is -2.50. The minimum atomic E-state index is -4.57. The zero-order chi connectivity index (χ0) is 20.2. The number of benzene rings is 1. The molecule has 0 aliphatic carbocycles. The van der Waals surface area contributed by atoms with Crippen LogP contribution in [0.5, 0.6) is 0 Å². The summed E-state index contributed by atoms with van der Waals surface area (Å²) in [6.07, 6.45) is -3.79. The molecule has 2 aromatic rings. The van der Waals surface area contributed by atoms with Crippen molar-refractivity contribution in [1.82, 2.24) is 15.1 Å². The van der Waals surface area contributed by atoms with Gasteiger partial charge >= 0.3 is 12.1 Å². The first kappa shape index (κ1) is 20.4. The molecule has 1 unspecified atom stereocenters. The highest BCUT2D eigenvalue weighted by Gasteiger charge is 2.34. The highest BCUT2D eigenvalue weighted by Crippen LogP contribution is 2.28. The van der Waals surface area contributed by atoms with Crippen LogP contribution in [0, 0.1) is 0 Å². The number of hydrogen-bond acceptors (Lipinski definition) is 4. The third-order valence-corrected chi connectivity index (χ3v) is 3.67. The molecule has 10 heteroatoms. The normalized spacial score (nSPS) is 13.8. The number of ether oxygens (including phenoxy) is 1.